The Morgan fingerprint density at radius 1 is 1.06 bits per heavy atom. The van der Waals surface area contributed by atoms with Gasteiger partial charge in [-0.25, -0.2) is 9.97 Å². The molecule has 0 amide bonds. The normalized spacial score (nSPS) is 18.0. The third-order valence-corrected chi connectivity index (χ3v) is 7.83. The average molecular weight is 516 g/mol. The molecular weight excluding hydrogens is 487 g/mol. The lowest BCUT2D eigenvalue weighted by Gasteiger charge is -2.35. The second-order valence-electron chi connectivity index (χ2n) is 9.25. The van der Waals surface area contributed by atoms with Gasteiger partial charge in [-0.3, -0.25) is 0 Å². The summed E-state index contributed by atoms with van der Waals surface area (Å²) in [6, 6.07) is 16.2. The van der Waals surface area contributed by atoms with E-state index >= 15 is 0 Å². The Morgan fingerprint density at radius 3 is 2.44 bits per heavy atom. The van der Waals surface area contributed by atoms with E-state index < -0.39 is 17.5 Å². The summed E-state index contributed by atoms with van der Waals surface area (Å²) in [5, 5.41) is 3.13. The molecule has 1 saturated carbocycles. The van der Waals surface area contributed by atoms with Crippen molar-refractivity contribution in [1.29, 1.82) is 0 Å². The van der Waals surface area contributed by atoms with Crippen molar-refractivity contribution in [3.8, 4) is 0 Å². The molecule has 9 heteroatoms. The fraction of sp³-hybridized carbons (Fsp3) is 0.407. The van der Waals surface area contributed by atoms with Crippen molar-refractivity contribution in [1.82, 2.24) is 9.97 Å². The SMILES string of the molecule is Cc1cc(SCc2ccccc2)ccc1Nc1ncc(C(F)(F)F)c(C2CCC3(CC2)OCCO3)n1. The molecule has 0 radical (unpaired) electrons. The van der Waals surface area contributed by atoms with Gasteiger partial charge in [0.2, 0.25) is 5.95 Å². The summed E-state index contributed by atoms with van der Waals surface area (Å²) in [5.41, 5.74) is 2.24. The Kier molecular flexibility index (Phi) is 7.23. The Balaban J connectivity index is 1.32. The van der Waals surface area contributed by atoms with E-state index in [9.17, 15) is 13.2 Å². The Labute approximate surface area is 212 Å². The summed E-state index contributed by atoms with van der Waals surface area (Å²) in [6.45, 7) is 3.02. The summed E-state index contributed by atoms with van der Waals surface area (Å²) in [5.74, 6) is 0.0540. The van der Waals surface area contributed by atoms with E-state index in [-0.39, 0.29) is 17.6 Å². The van der Waals surface area contributed by atoms with Gasteiger partial charge in [-0.2, -0.15) is 13.2 Å². The lowest BCUT2D eigenvalue weighted by atomic mass is 9.82. The second kappa shape index (κ2) is 10.4. The van der Waals surface area contributed by atoms with Crippen LogP contribution in [-0.2, 0) is 21.4 Å². The van der Waals surface area contributed by atoms with E-state index in [4.69, 9.17) is 9.47 Å². The van der Waals surface area contributed by atoms with Crippen molar-refractivity contribution >= 4 is 23.4 Å². The number of alkyl halides is 3. The molecular formula is C27H28F3N3O2S. The quantitative estimate of drug-likeness (QED) is 0.349. The lowest BCUT2D eigenvalue weighted by Crippen LogP contribution is -2.35. The van der Waals surface area contributed by atoms with Gasteiger partial charge in [-0.1, -0.05) is 30.3 Å². The number of aryl methyl sites for hydroxylation is 1. The van der Waals surface area contributed by atoms with Crippen molar-refractivity contribution in [3.63, 3.8) is 0 Å². The zero-order valence-corrected chi connectivity index (χ0v) is 20.8. The fourth-order valence-corrected chi connectivity index (χ4v) is 5.78. The molecule has 0 atom stereocenters. The van der Waals surface area contributed by atoms with E-state index in [1.807, 2.05) is 37.3 Å². The third kappa shape index (κ3) is 5.68. The van der Waals surface area contributed by atoms with Crippen molar-refractivity contribution < 1.29 is 22.6 Å². The molecule has 1 aromatic heterocycles. The minimum absolute atomic E-state index is 0.0422. The summed E-state index contributed by atoms with van der Waals surface area (Å²) >= 11 is 1.73. The number of benzene rings is 2. The van der Waals surface area contributed by atoms with Crippen LogP contribution in [0.4, 0.5) is 24.8 Å². The Hall–Kier alpha value is -2.62. The highest BCUT2D eigenvalue weighted by molar-refractivity contribution is 7.98. The third-order valence-electron chi connectivity index (χ3n) is 6.76. The molecule has 2 aromatic carbocycles. The summed E-state index contributed by atoms with van der Waals surface area (Å²) in [7, 11) is 0. The predicted molar refractivity (Wildman–Crippen MR) is 133 cm³/mol. The van der Waals surface area contributed by atoms with Crippen LogP contribution in [0.2, 0.25) is 0 Å². The van der Waals surface area contributed by atoms with E-state index in [1.165, 1.54) is 5.56 Å². The molecule has 2 heterocycles. The van der Waals surface area contributed by atoms with E-state index in [2.05, 4.69) is 33.5 Å². The van der Waals surface area contributed by atoms with Gasteiger partial charge in [0.15, 0.2) is 5.79 Å². The standard InChI is InChI=1S/C27H28F3N3O2S/c1-18-15-21(36-17-19-5-3-2-4-6-19)7-8-23(18)32-25-31-16-22(27(28,29)30)24(33-25)20-9-11-26(12-10-20)34-13-14-35-26/h2-8,15-16,20H,9-14,17H2,1H3,(H,31,32,33). The zero-order valence-electron chi connectivity index (χ0n) is 20.0. The van der Waals surface area contributed by atoms with Crippen LogP contribution in [0.5, 0.6) is 0 Å². The number of hydrogen-bond acceptors (Lipinski definition) is 6. The molecule has 5 nitrogen and oxygen atoms in total. The van der Waals surface area contributed by atoms with Crippen LogP contribution in [0, 0.1) is 6.92 Å². The van der Waals surface area contributed by atoms with Gasteiger partial charge in [0.25, 0.3) is 0 Å². The van der Waals surface area contributed by atoms with Crippen LogP contribution in [-0.4, -0.2) is 29.0 Å². The van der Waals surface area contributed by atoms with E-state index in [1.54, 1.807) is 11.8 Å². The minimum atomic E-state index is -4.52. The van der Waals surface area contributed by atoms with Crippen molar-refractivity contribution in [2.24, 2.45) is 0 Å². The minimum Gasteiger partial charge on any atom is -0.348 e. The van der Waals surface area contributed by atoms with Crippen LogP contribution in [0.1, 0.15) is 54.0 Å². The molecule has 190 valence electrons. The molecule has 0 bridgehead atoms. The number of nitrogens with one attached hydrogen (secondary N) is 1. The first-order valence-corrected chi connectivity index (χ1v) is 13.1. The second-order valence-corrected chi connectivity index (χ2v) is 10.3. The molecule has 1 aliphatic carbocycles. The molecule has 2 aliphatic rings. The van der Waals surface area contributed by atoms with Gasteiger partial charge in [-0.05, 0) is 49.1 Å². The zero-order chi connectivity index (χ0) is 25.2. The average Bonchev–Trinajstić information content (AvgIpc) is 3.32. The van der Waals surface area contributed by atoms with Crippen LogP contribution in [0.15, 0.2) is 59.6 Å². The Bertz CT molecular complexity index is 1190. The predicted octanol–water partition coefficient (Wildman–Crippen LogP) is 7.24. The monoisotopic (exact) mass is 515 g/mol. The first kappa shape index (κ1) is 25.0. The highest BCUT2D eigenvalue weighted by atomic mass is 32.2. The van der Waals surface area contributed by atoms with Crippen molar-refractivity contribution in [3.05, 3.63) is 77.1 Å². The first-order valence-electron chi connectivity index (χ1n) is 12.1. The van der Waals surface area contributed by atoms with Crippen LogP contribution in [0.3, 0.4) is 0 Å². The topological polar surface area (TPSA) is 56.3 Å². The molecule has 1 spiro atoms. The van der Waals surface area contributed by atoms with Gasteiger partial charge in [0.1, 0.15) is 0 Å². The first-order chi connectivity index (χ1) is 17.3. The Morgan fingerprint density at radius 2 is 1.78 bits per heavy atom. The van der Waals surface area contributed by atoms with Crippen molar-refractivity contribution in [2.75, 3.05) is 18.5 Å². The maximum Gasteiger partial charge on any atom is 0.419 e. The van der Waals surface area contributed by atoms with Gasteiger partial charge in [0.05, 0.1) is 24.5 Å². The number of thioether (sulfide) groups is 1. The lowest BCUT2D eigenvalue weighted by molar-refractivity contribution is -0.179. The highest BCUT2D eigenvalue weighted by Crippen LogP contribution is 2.45. The molecule has 3 aromatic rings. The van der Waals surface area contributed by atoms with Crippen LogP contribution >= 0.6 is 11.8 Å². The molecule has 5 rings (SSSR count). The molecule has 1 saturated heterocycles. The van der Waals surface area contributed by atoms with Crippen molar-refractivity contribution in [2.45, 2.75) is 61.1 Å². The van der Waals surface area contributed by atoms with Crippen LogP contribution in [0.25, 0.3) is 0 Å². The number of nitrogens with zero attached hydrogens (tertiary/aromatic N) is 2. The maximum atomic E-state index is 13.8. The number of ether oxygens (including phenoxy) is 2. The van der Waals surface area contributed by atoms with Gasteiger partial charge < -0.3 is 14.8 Å². The van der Waals surface area contributed by atoms with Crippen LogP contribution < -0.4 is 5.32 Å². The van der Waals surface area contributed by atoms with Gasteiger partial charge >= 0.3 is 6.18 Å². The highest BCUT2D eigenvalue weighted by Gasteiger charge is 2.43. The van der Waals surface area contributed by atoms with Gasteiger partial charge in [-0.15, -0.1) is 11.8 Å². The summed E-state index contributed by atoms with van der Waals surface area (Å²) < 4.78 is 52.9. The summed E-state index contributed by atoms with van der Waals surface area (Å²) in [4.78, 5) is 9.51. The molecule has 2 fully saturated rings. The molecule has 0 unspecified atom stereocenters. The maximum absolute atomic E-state index is 13.8. The smallest absolute Gasteiger partial charge is 0.348 e. The largest absolute Gasteiger partial charge is 0.419 e. The van der Waals surface area contributed by atoms with E-state index in [0.717, 1.165) is 28.1 Å². The number of anilines is 2. The van der Waals surface area contributed by atoms with Gasteiger partial charge in [0, 0.05) is 41.3 Å². The summed E-state index contributed by atoms with van der Waals surface area (Å²) in [6.07, 6.45) is -1.46. The molecule has 1 N–H and O–H groups in total. The number of rotatable bonds is 6. The molecule has 36 heavy (non-hydrogen) atoms. The number of halogens is 3. The number of aromatic nitrogens is 2. The molecule has 1 aliphatic heterocycles. The fourth-order valence-electron chi connectivity index (χ4n) is 4.83. The van der Waals surface area contributed by atoms with E-state index in [0.29, 0.717) is 38.9 Å². The number of hydrogen-bond donors (Lipinski definition) is 1.